The third kappa shape index (κ3) is 4.68. The zero-order valence-corrected chi connectivity index (χ0v) is 12.4. The van der Waals surface area contributed by atoms with Crippen molar-refractivity contribution in [1.82, 2.24) is 0 Å². The molecule has 0 aliphatic carbocycles. The molecule has 0 aromatic heterocycles. The fourth-order valence-electron chi connectivity index (χ4n) is 2.08. The van der Waals surface area contributed by atoms with Crippen LogP contribution in [0.5, 0.6) is 0 Å². The number of ether oxygens (including phenoxy) is 2. The predicted octanol–water partition coefficient (Wildman–Crippen LogP) is -5.37. The molecule has 0 saturated carbocycles. The van der Waals surface area contributed by atoms with Crippen LogP contribution in [0.1, 0.15) is 0 Å². The fraction of sp³-hybridized carbons (Fsp3) is 0.750. The van der Waals surface area contributed by atoms with E-state index in [4.69, 9.17) is 19.7 Å². The van der Waals surface area contributed by atoms with Crippen LogP contribution in [0.4, 0.5) is 0 Å². The van der Waals surface area contributed by atoms with Crippen molar-refractivity contribution in [2.24, 2.45) is 0 Å². The van der Waals surface area contributed by atoms with Crippen LogP contribution in [0.3, 0.4) is 0 Å². The molecule has 1 aliphatic rings. The molecule has 1 rings (SSSR count). The number of carboxylic acids is 2. The standard InChI is InChI=1S/C12H18O13/c13-1-2(14)3(15)8(7(19)10(20)21)24-12-6(18)4(16)5(17)9(25-12)11(22)23/h1-9,12,14-19H,(H,20,21)(H,22,23). The highest BCUT2D eigenvalue weighted by Crippen LogP contribution is 2.25. The van der Waals surface area contributed by atoms with E-state index in [1.807, 2.05) is 0 Å². The summed E-state index contributed by atoms with van der Waals surface area (Å²) in [6.45, 7) is 0. The molecular formula is C12H18O13. The van der Waals surface area contributed by atoms with Gasteiger partial charge in [0.25, 0.3) is 0 Å². The zero-order chi connectivity index (χ0) is 19.5. The van der Waals surface area contributed by atoms with Gasteiger partial charge in [0.2, 0.25) is 0 Å². The van der Waals surface area contributed by atoms with Gasteiger partial charge < -0.3 is 55.1 Å². The quantitative estimate of drug-likeness (QED) is 0.187. The molecule has 0 aromatic rings. The maximum atomic E-state index is 11.0. The Labute approximate surface area is 139 Å². The van der Waals surface area contributed by atoms with Crippen molar-refractivity contribution in [2.75, 3.05) is 0 Å². The Morgan fingerprint density at radius 1 is 1.00 bits per heavy atom. The van der Waals surface area contributed by atoms with Crippen molar-refractivity contribution in [3.63, 3.8) is 0 Å². The molecule has 13 nitrogen and oxygen atoms in total. The van der Waals surface area contributed by atoms with Gasteiger partial charge >= 0.3 is 11.9 Å². The lowest BCUT2D eigenvalue weighted by Crippen LogP contribution is -2.62. The van der Waals surface area contributed by atoms with Gasteiger partial charge in [0, 0.05) is 0 Å². The van der Waals surface area contributed by atoms with Crippen molar-refractivity contribution in [1.29, 1.82) is 0 Å². The minimum atomic E-state index is -2.52. The van der Waals surface area contributed by atoms with Gasteiger partial charge in [0.05, 0.1) is 0 Å². The highest BCUT2D eigenvalue weighted by Gasteiger charge is 2.50. The second kappa shape index (κ2) is 8.59. The number of carbonyl (C=O) groups excluding carboxylic acids is 1. The van der Waals surface area contributed by atoms with Gasteiger partial charge in [-0.3, -0.25) is 0 Å². The lowest BCUT2D eigenvalue weighted by atomic mass is 9.98. The number of hydrogen-bond acceptors (Lipinski definition) is 11. The summed E-state index contributed by atoms with van der Waals surface area (Å²) in [4.78, 5) is 32.3. The van der Waals surface area contributed by atoms with Crippen molar-refractivity contribution in [3.05, 3.63) is 0 Å². The highest BCUT2D eigenvalue weighted by atomic mass is 16.7. The summed E-state index contributed by atoms with van der Waals surface area (Å²) in [7, 11) is 0. The average molecular weight is 370 g/mol. The second-order valence-corrected chi connectivity index (χ2v) is 5.24. The third-order valence-corrected chi connectivity index (χ3v) is 3.49. The molecule has 0 bridgehead atoms. The van der Waals surface area contributed by atoms with E-state index in [0.29, 0.717) is 0 Å². The Hall–Kier alpha value is -1.71. The van der Waals surface area contributed by atoms with Gasteiger partial charge in [-0.2, -0.15) is 0 Å². The van der Waals surface area contributed by atoms with Crippen LogP contribution in [0.15, 0.2) is 0 Å². The first-order valence-electron chi connectivity index (χ1n) is 6.83. The van der Waals surface area contributed by atoms with Crippen LogP contribution >= 0.6 is 0 Å². The molecule has 0 aromatic carbocycles. The van der Waals surface area contributed by atoms with Crippen molar-refractivity contribution >= 4 is 18.2 Å². The van der Waals surface area contributed by atoms with E-state index in [1.54, 1.807) is 0 Å². The Balaban J connectivity index is 3.06. The normalized spacial score (nSPS) is 34.6. The zero-order valence-electron chi connectivity index (χ0n) is 12.4. The molecule has 9 unspecified atom stereocenters. The Morgan fingerprint density at radius 2 is 1.56 bits per heavy atom. The summed E-state index contributed by atoms with van der Waals surface area (Å²) in [6.07, 6.45) is -19.9. The predicted molar refractivity (Wildman–Crippen MR) is 70.9 cm³/mol. The van der Waals surface area contributed by atoms with Gasteiger partial charge in [-0.1, -0.05) is 0 Å². The molecule has 1 fully saturated rings. The first-order chi connectivity index (χ1) is 11.5. The van der Waals surface area contributed by atoms with Gasteiger partial charge in [-0.15, -0.1) is 0 Å². The lowest BCUT2D eigenvalue weighted by Gasteiger charge is -2.40. The van der Waals surface area contributed by atoms with Crippen LogP contribution in [-0.4, -0.2) is 114 Å². The smallest absolute Gasteiger partial charge is 0.335 e. The maximum absolute atomic E-state index is 11.0. The van der Waals surface area contributed by atoms with Crippen LogP contribution < -0.4 is 0 Å². The first kappa shape index (κ1) is 21.3. The monoisotopic (exact) mass is 370 g/mol. The second-order valence-electron chi connectivity index (χ2n) is 5.24. The minimum Gasteiger partial charge on any atom is -0.479 e. The molecule has 144 valence electrons. The largest absolute Gasteiger partial charge is 0.479 e. The van der Waals surface area contributed by atoms with Gasteiger partial charge in [-0.25, -0.2) is 9.59 Å². The number of aliphatic hydroxyl groups is 6. The van der Waals surface area contributed by atoms with E-state index < -0.39 is 67.1 Å². The van der Waals surface area contributed by atoms with Gasteiger partial charge in [-0.05, 0) is 0 Å². The van der Waals surface area contributed by atoms with E-state index in [2.05, 4.69) is 0 Å². The van der Waals surface area contributed by atoms with Crippen molar-refractivity contribution in [3.8, 4) is 0 Å². The maximum Gasteiger partial charge on any atom is 0.335 e. The Kier molecular flexibility index (Phi) is 7.33. The lowest BCUT2D eigenvalue weighted by molar-refractivity contribution is -0.318. The topological polar surface area (TPSA) is 232 Å². The Bertz CT molecular complexity index is 495. The molecule has 1 saturated heterocycles. The molecule has 1 heterocycles. The van der Waals surface area contributed by atoms with E-state index in [0.717, 1.165) is 0 Å². The van der Waals surface area contributed by atoms with Crippen LogP contribution in [0.2, 0.25) is 0 Å². The number of aliphatic hydroxyl groups excluding tert-OH is 6. The van der Waals surface area contributed by atoms with Crippen LogP contribution in [-0.2, 0) is 23.9 Å². The molecular weight excluding hydrogens is 352 g/mol. The molecule has 1 aliphatic heterocycles. The highest BCUT2D eigenvalue weighted by molar-refractivity contribution is 5.73. The molecule has 25 heavy (non-hydrogen) atoms. The third-order valence-electron chi connectivity index (χ3n) is 3.49. The molecule has 0 spiro atoms. The van der Waals surface area contributed by atoms with Crippen LogP contribution in [0, 0.1) is 0 Å². The van der Waals surface area contributed by atoms with E-state index >= 15 is 0 Å². The number of rotatable bonds is 8. The summed E-state index contributed by atoms with van der Waals surface area (Å²) >= 11 is 0. The molecule has 0 amide bonds. The van der Waals surface area contributed by atoms with Crippen LogP contribution in [0.25, 0.3) is 0 Å². The number of hydrogen-bond donors (Lipinski definition) is 8. The molecule has 8 N–H and O–H groups in total. The molecule has 9 atom stereocenters. The van der Waals surface area contributed by atoms with Gasteiger partial charge in [0.15, 0.2) is 24.8 Å². The summed E-state index contributed by atoms with van der Waals surface area (Å²) in [6, 6.07) is 0. The number of aldehydes is 1. The Morgan fingerprint density at radius 3 is 2.00 bits per heavy atom. The summed E-state index contributed by atoms with van der Waals surface area (Å²) in [5, 5.41) is 75.1. The van der Waals surface area contributed by atoms with Crippen molar-refractivity contribution in [2.45, 2.75) is 55.1 Å². The molecule has 0 radical (unpaired) electrons. The first-order valence-corrected chi connectivity index (χ1v) is 6.83. The summed E-state index contributed by atoms with van der Waals surface area (Å²) in [5.41, 5.74) is 0. The number of aliphatic carboxylic acids is 2. The number of carbonyl (C=O) groups is 3. The van der Waals surface area contributed by atoms with Crippen molar-refractivity contribution < 1.29 is 64.7 Å². The van der Waals surface area contributed by atoms with E-state index in [1.165, 1.54) is 0 Å². The summed E-state index contributed by atoms with van der Waals surface area (Å²) in [5.74, 6) is -3.70. The van der Waals surface area contributed by atoms with E-state index in [-0.39, 0.29) is 6.29 Å². The van der Waals surface area contributed by atoms with E-state index in [9.17, 15) is 45.0 Å². The molecule has 13 heteroatoms. The average Bonchev–Trinajstić information content (AvgIpc) is 2.56. The summed E-state index contributed by atoms with van der Waals surface area (Å²) < 4.78 is 9.50. The fourth-order valence-corrected chi connectivity index (χ4v) is 2.08. The number of carboxylic acid groups (broad SMARTS) is 2. The SMILES string of the molecule is O=CC(O)C(O)C(OC1OC(C(=O)O)C(O)C(O)C1O)C(O)C(=O)O. The minimum absolute atomic E-state index is 0.188. The van der Waals surface area contributed by atoms with Gasteiger partial charge in [0.1, 0.15) is 36.6 Å².